The van der Waals surface area contributed by atoms with Gasteiger partial charge in [0.1, 0.15) is 5.75 Å². The van der Waals surface area contributed by atoms with Crippen LogP contribution in [0.1, 0.15) is 43.7 Å². The summed E-state index contributed by atoms with van der Waals surface area (Å²) < 4.78 is 5.45. The second kappa shape index (κ2) is 4.29. The molecule has 0 spiro atoms. The molecule has 0 atom stereocenters. The van der Waals surface area contributed by atoms with E-state index in [-0.39, 0.29) is 5.41 Å². The van der Waals surface area contributed by atoms with E-state index in [1.54, 1.807) is 7.11 Å². The number of ether oxygens (including phenoxy) is 1. The van der Waals surface area contributed by atoms with Crippen LogP contribution in [-0.4, -0.2) is 13.0 Å². The maximum atomic E-state index is 6.10. The smallest absolute Gasteiger partial charge is 0.122 e. The number of halogens is 1. The van der Waals surface area contributed by atoms with E-state index in [1.807, 2.05) is 0 Å². The van der Waals surface area contributed by atoms with Gasteiger partial charge in [0.05, 0.1) is 7.11 Å². The van der Waals surface area contributed by atoms with E-state index in [4.69, 9.17) is 16.3 Å². The Balaban J connectivity index is 2.44. The van der Waals surface area contributed by atoms with E-state index < -0.39 is 0 Å². The molecule has 88 valence electrons. The van der Waals surface area contributed by atoms with Crippen LogP contribution in [0, 0.1) is 0 Å². The first-order chi connectivity index (χ1) is 7.63. The van der Waals surface area contributed by atoms with Crippen LogP contribution in [0.4, 0.5) is 0 Å². The molecule has 1 aromatic carbocycles. The van der Waals surface area contributed by atoms with Crippen molar-refractivity contribution in [3.8, 4) is 5.75 Å². The Morgan fingerprint density at radius 3 is 2.50 bits per heavy atom. The number of alkyl halides is 1. The fourth-order valence-corrected chi connectivity index (χ4v) is 2.54. The summed E-state index contributed by atoms with van der Waals surface area (Å²) in [5.74, 6) is 2.24. The minimum atomic E-state index is 0.192. The molecular formula is C14H19ClO. The normalized spacial score (nSPS) is 17.6. The summed E-state index contributed by atoms with van der Waals surface area (Å²) in [5, 5.41) is 0. The van der Waals surface area contributed by atoms with E-state index in [0.29, 0.717) is 11.8 Å². The number of rotatable bonds is 4. The number of hydrogen-bond acceptors (Lipinski definition) is 1. The monoisotopic (exact) mass is 238 g/mol. The van der Waals surface area contributed by atoms with E-state index in [1.165, 1.54) is 24.0 Å². The van der Waals surface area contributed by atoms with Gasteiger partial charge >= 0.3 is 0 Å². The van der Waals surface area contributed by atoms with Gasteiger partial charge in [-0.25, -0.2) is 0 Å². The number of hydrogen-bond donors (Lipinski definition) is 0. The SMILES string of the molecule is COc1ccc(C(C)C)cc1C1(CCl)CC1. The van der Waals surface area contributed by atoms with Crippen molar-refractivity contribution < 1.29 is 4.74 Å². The van der Waals surface area contributed by atoms with Crippen LogP contribution in [0.15, 0.2) is 18.2 Å². The molecule has 0 N–H and O–H groups in total. The van der Waals surface area contributed by atoms with Gasteiger partial charge in [0.25, 0.3) is 0 Å². The Hall–Kier alpha value is -0.690. The lowest BCUT2D eigenvalue weighted by molar-refractivity contribution is 0.405. The summed E-state index contributed by atoms with van der Waals surface area (Å²) in [6, 6.07) is 6.51. The van der Waals surface area contributed by atoms with Crippen LogP contribution in [0.25, 0.3) is 0 Å². The second-order valence-corrected chi connectivity index (χ2v) is 5.30. The summed E-state index contributed by atoms with van der Waals surface area (Å²) in [7, 11) is 1.73. The van der Waals surface area contributed by atoms with E-state index in [9.17, 15) is 0 Å². The Kier molecular flexibility index (Phi) is 3.16. The van der Waals surface area contributed by atoms with Gasteiger partial charge in [-0.2, -0.15) is 0 Å². The largest absolute Gasteiger partial charge is 0.496 e. The molecule has 0 saturated heterocycles. The summed E-state index contributed by atoms with van der Waals surface area (Å²) in [5.41, 5.74) is 2.86. The van der Waals surface area contributed by atoms with Crippen molar-refractivity contribution in [3.05, 3.63) is 29.3 Å². The van der Waals surface area contributed by atoms with Crippen molar-refractivity contribution >= 4 is 11.6 Å². The summed E-state index contributed by atoms with van der Waals surface area (Å²) in [6.45, 7) is 4.43. The molecule has 1 fully saturated rings. The second-order valence-electron chi connectivity index (χ2n) is 5.03. The maximum Gasteiger partial charge on any atom is 0.122 e. The van der Waals surface area contributed by atoms with Crippen molar-refractivity contribution in [2.24, 2.45) is 0 Å². The molecular weight excluding hydrogens is 220 g/mol. The highest BCUT2D eigenvalue weighted by molar-refractivity contribution is 6.19. The standard InChI is InChI=1S/C14H19ClO/c1-10(2)11-4-5-13(16-3)12(8-11)14(9-15)6-7-14/h4-5,8,10H,6-7,9H2,1-3H3. The van der Waals surface area contributed by atoms with Gasteiger partial charge in [-0.3, -0.25) is 0 Å². The molecule has 0 unspecified atom stereocenters. The fraction of sp³-hybridized carbons (Fsp3) is 0.571. The molecule has 0 aromatic heterocycles. The molecule has 0 heterocycles. The molecule has 2 heteroatoms. The third kappa shape index (κ3) is 1.93. The van der Waals surface area contributed by atoms with Crippen LogP contribution < -0.4 is 4.74 Å². The lowest BCUT2D eigenvalue weighted by atomic mass is 9.92. The lowest BCUT2D eigenvalue weighted by Gasteiger charge is -2.18. The molecule has 1 nitrogen and oxygen atoms in total. The predicted octanol–water partition coefficient (Wildman–Crippen LogP) is 4.09. The van der Waals surface area contributed by atoms with Crippen LogP contribution in [-0.2, 0) is 5.41 Å². The van der Waals surface area contributed by atoms with Crippen molar-refractivity contribution in [2.75, 3.05) is 13.0 Å². The summed E-state index contributed by atoms with van der Waals surface area (Å²) in [6.07, 6.45) is 2.38. The van der Waals surface area contributed by atoms with E-state index in [0.717, 1.165) is 5.75 Å². The van der Waals surface area contributed by atoms with Gasteiger partial charge in [-0.1, -0.05) is 26.0 Å². The van der Waals surface area contributed by atoms with E-state index >= 15 is 0 Å². The van der Waals surface area contributed by atoms with Crippen molar-refractivity contribution in [3.63, 3.8) is 0 Å². The molecule has 1 saturated carbocycles. The minimum absolute atomic E-state index is 0.192. The van der Waals surface area contributed by atoms with Crippen LogP contribution in [0.2, 0.25) is 0 Å². The summed E-state index contributed by atoms with van der Waals surface area (Å²) >= 11 is 6.10. The van der Waals surface area contributed by atoms with Crippen LogP contribution in [0.5, 0.6) is 5.75 Å². The highest BCUT2D eigenvalue weighted by atomic mass is 35.5. The third-order valence-electron chi connectivity index (χ3n) is 3.57. The number of benzene rings is 1. The summed E-state index contributed by atoms with van der Waals surface area (Å²) in [4.78, 5) is 0. The van der Waals surface area contributed by atoms with Crippen molar-refractivity contribution in [2.45, 2.75) is 38.0 Å². The minimum Gasteiger partial charge on any atom is -0.496 e. The quantitative estimate of drug-likeness (QED) is 0.718. The Labute approximate surface area is 103 Å². The molecule has 1 aliphatic rings. The van der Waals surface area contributed by atoms with E-state index in [2.05, 4.69) is 32.0 Å². The molecule has 16 heavy (non-hydrogen) atoms. The van der Waals surface area contributed by atoms with Crippen LogP contribution in [0.3, 0.4) is 0 Å². The molecule has 0 radical (unpaired) electrons. The molecule has 0 aliphatic heterocycles. The zero-order chi connectivity index (χ0) is 11.8. The van der Waals surface area contributed by atoms with Gasteiger partial charge < -0.3 is 4.74 Å². The highest BCUT2D eigenvalue weighted by Gasteiger charge is 2.45. The fourth-order valence-electron chi connectivity index (χ4n) is 2.12. The predicted molar refractivity (Wildman–Crippen MR) is 68.7 cm³/mol. The topological polar surface area (TPSA) is 9.23 Å². The van der Waals surface area contributed by atoms with Crippen molar-refractivity contribution in [1.82, 2.24) is 0 Å². The maximum absolute atomic E-state index is 6.10. The zero-order valence-electron chi connectivity index (χ0n) is 10.2. The molecule has 0 amide bonds. The average Bonchev–Trinajstić information content (AvgIpc) is 3.09. The first kappa shape index (κ1) is 11.8. The van der Waals surface area contributed by atoms with Gasteiger partial charge in [-0.15, -0.1) is 11.6 Å². The highest BCUT2D eigenvalue weighted by Crippen LogP contribution is 2.52. The first-order valence-corrected chi connectivity index (χ1v) is 6.41. The molecule has 1 aromatic rings. The third-order valence-corrected chi connectivity index (χ3v) is 4.08. The van der Waals surface area contributed by atoms with Crippen molar-refractivity contribution in [1.29, 1.82) is 0 Å². The van der Waals surface area contributed by atoms with Crippen LogP contribution >= 0.6 is 11.6 Å². The average molecular weight is 239 g/mol. The Morgan fingerprint density at radius 1 is 1.38 bits per heavy atom. The molecule has 2 rings (SSSR count). The van der Waals surface area contributed by atoms with Gasteiger partial charge in [0.15, 0.2) is 0 Å². The zero-order valence-corrected chi connectivity index (χ0v) is 11.0. The van der Waals surface area contributed by atoms with Gasteiger partial charge in [0, 0.05) is 16.9 Å². The van der Waals surface area contributed by atoms with Gasteiger partial charge in [-0.05, 0) is 30.4 Å². The Bertz CT molecular complexity index is 380. The Morgan fingerprint density at radius 2 is 2.06 bits per heavy atom. The van der Waals surface area contributed by atoms with Gasteiger partial charge in [0.2, 0.25) is 0 Å². The lowest BCUT2D eigenvalue weighted by Crippen LogP contribution is -2.11. The first-order valence-electron chi connectivity index (χ1n) is 5.87. The number of methoxy groups -OCH3 is 1. The molecule has 1 aliphatic carbocycles. The molecule has 0 bridgehead atoms.